The summed E-state index contributed by atoms with van der Waals surface area (Å²) >= 11 is 0. The van der Waals surface area contributed by atoms with Crippen LogP contribution in [0.1, 0.15) is 35.7 Å². The molecule has 2 amide bonds. The number of amides is 2. The number of hydrogen-bond acceptors (Lipinski definition) is 4. The second-order valence-corrected chi connectivity index (χ2v) is 5.80. The van der Waals surface area contributed by atoms with Crippen LogP contribution in [0, 0.1) is 6.92 Å². The van der Waals surface area contributed by atoms with E-state index in [-0.39, 0.29) is 6.61 Å². The monoisotopic (exact) mass is 356 g/mol. The van der Waals surface area contributed by atoms with E-state index in [1.165, 1.54) is 0 Å². The highest BCUT2D eigenvalue weighted by atomic mass is 16.5. The minimum absolute atomic E-state index is 0.196. The van der Waals surface area contributed by atoms with Gasteiger partial charge in [0.1, 0.15) is 11.5 Å². The molecule has 0 spiro atoms. The average Bonchev–Trinajstić information content (AvgIpc) is 2.66. The molecule has 0 saturated carbocycles. The van der Waals surface area contributed by atoms with Crippen LogP contribution in [-0.2, 0) is 4.79 Å². The van der Waals surface area contributed by atoms with Crippen molar-refractivity contribution in [2.24, 2.45) is 0 Å². The molecule has 2 aromatic carbocycles. The molecule has 0 aliphatic rings. The molecule has 0 fully saturated rings. The molecular weight excluding hydrogens is 332 g/mol. The zero-order chi connectivity index (χ0) is 18.8. The van der Waals surface area contributed by atoms with Crippen molar-refractivity contribution in [1.29, 1.82) is 0 Å². The summed E-state index contributed by atoms with van der Waals surface area (Å²) in [5, 5.41) is 0. The molecule has 0 heterocycles. The number of carbonyl (C=O) groups excluding carboxylic acids is 2. The van der Waals surface area contributed by atoms with E-state index in [4.69, 9.17) is 9.47 Å². The molecular formula is C20H24N2O4. The van der Waals surface area contributed by atoms with Crippen molar-refractivity contribution in [3.05, 3.63) is 59.7 Å². The van der Waals surface area contributed by atoms with Crippen molar-refractivity contribution in [2.45, 2.75) is 26.7 Å². The molecule has 0 unspecified atom stereocenters. The molecule has 0 saturated heterocycles. The Balaban J connectivity index is 1.82. The third-order valence-electron chi connectivity index (χ3n) is 3.59. The predicted octanol–water partition coefficient (Wildman–Crippen LogP) is 3.01. The van der Waals surface area contributed by atoms with Gasteiger partial charge in [-0.15, -0.1) is 0 Å². The third-order valence-corrected chi connectivity index (χ3v) is 3.59. The van der Waals surface area contributed by atoms with Gasteiger partial charge in [-0.2, -0.15) is 0 Å². The van der Waals surface area contributed by atoms with E-state index in [9.17, 15) is 9.59 Å². The standard InChI is InChI=1S/C20H24N2O4/c1-3-4-13-25-18-8-6-5-7-17(18)20(24)22-21-19(23)14-26-16-11-9-15(2)10-12-16/h5-12H,3-4,13-14H2,1-2H3,(H,21,23)(H,22,24). The Hall–Kier alpha value is -3.02. The van der Waals surface area contributed by atoms with Gasteiger partial charge >= 0.3 is 0 Å². The van der Waals surface area contributed by atoms with E-state index in [0.717, 1.165) is 18.4 Å². The molecule has 0 bridgehead atoms. The Labute approximate surface area is 153 Å². The SMILES string of the molecule is CCCCOc1ccccc1C(=O)NNC(=O)COc1ccc(C)cc1. The first-order valence-corrected chi connectivity index (χ1v) is 8.60. The van der Waals surface area contributed by atoms with Gasteiger partial charge in [-0.05, 0) is 37.6 Å². The van der Waals surface area contributed by atoms with Gasteiger partial charge in [-0.1, -0.05) is 43.2 Å². The quantitative estimate of drug-likeness (QED) is 0.563. The summed E-state index contributed by atoms with van der Waals surface area (Å²) in [6, 6.07) is 14.3. The maximum atomic E-state index is 12.3. The van der Waals surface area contributed by atoms with Crippen LogP contribution in [0.5, 0.6) is 11.5 Å². The van der Waals surface area contributed by atoms with E-state index in [1.807, 2.05) is 19.1 Å². The number of nitrogens with one attached hydrogen (secondary N) is 2. The first-order chi connectivity index (χ1) is 12.6. The fourth-order valence-corrected chi connectivity index (χ4v) is 2.12. The summed E-state index contributed by atoms with van der Waals surface area (Å²) in [7, 11) is 0. The van der Waals surface area contributed by atoms with Crippen LogP contribution in [0.4, 0.5) is 0 Å². The number of ether oxygens (including phenoxy) is 2. The fraction of sp³-hybridized carbons (Fsp3) is 0.300. The Kier molecular flexibility index (Phi) is 7.49. The zero-order valence-corrected chi connectivity index (χ0v) is 15.1. The molecule has 26 heavy (non-hydrogen) atoms. The highest BCUT2D eigenvalue weighted by molar-refractivity contribution is 5.97. The van der Waals surface area contributed by atoms with Crippen molar-refractivity contribution in [1.82, 2.24) is 10.9 Å². The molecule has 0 atom stereocenters. The van der Waals surface area contributed by atoms with Crippen LogP contribution < -0.4 is 20.3 Å². The predicted molar refractivity (Wildman–Crippen MR) is 99.1 cm³/mol. The first-order valence-electron chi connectivity index (χ1n) is 8.60. The lowest BCUT2D eigenvalue weighted by Crippen LogP contribution is -2.43. The third kappa shape index (κ3) is 6.12. The van der Waals surface area contributed by atoms with E-state index in [0.29, 0.717) is 23.7 Å². The van der Waals surface area contributed by atoms with Gasteiger partial charge in [0.05, 0.1) is 12.2 Å². The lowest BCUT2D eigenvalue weighted by atomic mass is 10.2. The Morgan fingerprint density at radius 1 is 0.962 bits per heavy atom. The Bertz CT molecular complexity index is 729. The number of unbranched alkanes of at least 4 members (excludes halogenated alkanes) is 1. The van der Waals surface area contributed by atoms with Gasteiger partial charge in [0.15, 0.2) is 6.61 Å². The first kappa shape index (κ1) is 19.3. The van der Waals surface area contributed by atoms with Gasteiger partial charge in [-0.3, -0.25) is 20.4 Å². The number of aryl methyl sites for hydroxylation is 1. The minimum Gasteiger partial charge on any atom is -0.493 e. The van der Waals surface area contributed by atoms with Gasteiger partial charge in [0.25, 0.3) is 11.8 Å². The molecule has 0 aliphatic heterocycles. The molecule has 2 aromatic rings. The number of para-hydroxylation sites is 1. The normalized spacial score (nSPS) is 10.1. The molecule has 138 valence electrons. The lowest BCUT2D eigenvalue weighted by molar-refractivity contribution is -0.123. The van der Waals surface area contributed by atoms with E-state index in [1.54, 1.807) is 36.4 Å². The van der Waals surface area contributed by atoms with Crippen LogP contribution in [0.25, 0.3) is 0 Å². The Morgan fingerprint density at radius 2 is 1.69 bits per heavy atom. The number of benzene rings is 2. The van der Waals surface area contributed by atoms with Crippen molar-refractivity contribution in [2.75, 3.05) is 13.2 Å². The molecule has 6 nitrogen and oxygen atoms in total. The van der Waals surface area contributed by atoms with Crippen molar-refractivity contribution in [3.63, 3.8) is 0 Å². The smallest absolute Gasteiger partial charge is 0.276 e. The zero-order valence-electron chi connectivity index (χ0n) is 15.1. The molecule has 0 radical (unpaired) electrons. The van der Waals surface area contributed by atoms with Gasteiger partial charge in [-0.25, -0.2) is 0 Å². The lowest BCUT2D eigenvalue weighted by Gasteiger charge is -2.12. The molecule has 0 aliphatic carbocycles. The number of carbonyl (C=O) groups is 2. The van der Waals surface area contributed by atoms with Gasteiger partial charge < -0.3 is 9.47 Å². The van der Waals surface area contributed by atoms with Crippen LogP contribution in [0.2, 0.25) is 0 Å². The van der Waals surface area contributed by atoms with Crippen molar-refractivity contribution < 1.29 is 19.1 Å². The molecule has 0 aromatic heterocycles. The van der Waals surface area contributed by atoms with Crippen LogP contribution in [-0.4, -0.2) is 25.0 Å². The minimum atomic E-state index is -0.455. The second-order valence-electron chi connectivity index (χ2n) is 5.80. The van der Waals surface area contributed by atoms with E-state index < -0.39 is 11.8 Å². The highest BCUT2D eigenvalue weighted by Crippen LogP contribution is 2.18. The highest BCUT2D eigenvalue weighted by Gasteiger charge is 2.13. The average molecular weight is 356 g/mol. The van der Waals surface area contributed by atoms with E-state index >= 15 is 0 Å². The van der Waals surface area contributed by atoms with Crippen molar-refractivity contribution in [3.8, 4) is 11.5 Å². The Morgan fingerprint density at radius 3 is 2.42 bits per heavy atom. The maximum absolute atomic E-state index is 12.3. The van der Waals surface area contributed by atoms with Crippen LogP contribution in [0.3, 0.4) is 0 Å². The van der Waals surface area contributed by atoms with Crippen LogP contribution in [0.15, 0.2) is 48.5 Å². The van der Waals surface area contributed by atoms with Gasteiger partial charge in [0.2, 0.25) is 0 Å². The summed E-state index contributed by atoms with van der Waals surface area (Å²) in [4.78, 5) is 24.1. The van der Waals surface area contributed by atoms with Gasteiger partial charge in [0, 0.05) is 0 Å². The molecule has 2 rings (SSSR count). The fourth-order valence-electron chi connectivity index (χ4n) is 2.12. The van der Waals surface area contributed by atoms with E-state index in [2.05, 4.69) is 17.8 Å². The topological polar surface area (TPSA) is 76.7 Å². The molecule has 2 N–H and O–H groups in total. The molecule has 6 heteroatoms. The number of hydrazine groups is 1. The largest absolute Gasteiger partial charge is 0.493 e. The summed E-state index contributed by atoms with van der Waals surface area (Å²) in [6.45, 7) is 4.38. The summed E-state index contributed by atoms with van der Waals surface area (Å²) < 4.78 is 11.0. The van der Waals surface area contributed by atoms with Crippen molar-refractivity contribution >= 4 is 11.8 Å². The summed E-state index contributed by atoms with van der Waals surface area (Å²) in [5.41, 5.74) is 6.18. The van der Waals surface area contributed by atoms with Crippen LogP contribution >= 0.6 is 0 Å². The summed E-state index contributed by atoms with van der Waals surface area (Å²) in [5.74, 6) is 0.180. The number of hydrogen-bond donors (Lipinski definition) is 2. The maximum Gasteiger partial charge on any atom is 0.276 e. The number of rotatable bonds is 8. The summed E-state index contributed by atoms with van der Waals surface area (Å²) in [6.07, 6.45) is 1.91. The second kappa shape index (κ2) is 10.1.